The number of allylic oxidation sites excluding steroid dienone is 10. The molecule has 0 nitrogen and oxygen atoms in total. The summed E-state index contributed by atoms with van der Waals surface area (Å²) >= 11 is -2.55. The second-order valence-electron chi connectivity index (χ2n) is 7.14. The summed E-state index contributed by atoms with van der Waals surface area (Å²) in [6, 6.07) is 0. The van der Waals surface area contributed by atoms with E-state index in [2.05, 4.69) is 45.9 Å². The molecule has 23 heavy (non-hydrogen) atoms. The molecular formula is C20H25Cl2Hf. The van der Waals surface area contributed by atoms with Crippen LogP contribution in [0.15, 0.2) is 57.2 Å². The van der Waals surface area contributed by atoms with Gasteiger partial charge in [0.2, 0.25) is 0 Å². The van der Waals surface area contributed by atoms with E-state index in [0.717, 1.165) is 6.42 Å². The van der Waals surface area contributed by atoms with Crippen LogP contribution in [0, 0.1) is 5.92 Å². The maximum atomic E-state index is 6.63. The first kappa shape index (κ1) is 18.0. The molecule has 0 N–H and O–H groups in total. The van der Waals surface area contributed by atoms with E-state index in [-0.39, 0.29) is 0 Å². The van der Waals surface area contributed by atoms with Crippen LogP contribution in [0.25, 0.3) is 0 Å². The Balaban J connectivity index is 2.17. The summed E-state index contributed by atoms with van der Waals surface area (Å²) in [5, 5.41) is 0. The molecule has 0 heterocycles. The molecule has 123 valence electrons. The first-order valence-electron chi connectivity index (χ1n) is 8.57. The van der Waals surface area contributed by atoms with E-state index in [1.165, 1.54) is 41.6 Å². The Morgan fingerprint density at radius 2 is 1.96 bits per heavy atom. The molecule has 0 aromatic rings. The second-order valence-corrected chi connectivity index (χ2v) is 19.5. The van der Waals surface area contributed by atoms with Crippen molar-refractivity contribution in [2.45, 2.75) is 57.1 Å². The van der Waals surface area contributed by atoms with Crippen LogP contribution >= 0.6 is 17.2 Å². The Morgan fingerprint density at radius 3 is 2.52 bits per heavy atom. The molecule has 0 saturated carbocycles. The van der Waals surface area contributed by atoms with Crippen LogP contribution < -0.4 is 0 Å². The molecule has 0 aliphatic heterocycles. The van der Waals surface area contributed by atoms with Crippen molar-refractivity contribution in [3.63, 3.8) is 0 Å². The molecule has 0 aromatic carbocycles. The van der Waals surface area contributed by atoms with E-state index < -0.39 is 19.1 Å². The molecule has 3 rings (SSSR count). The fourth-order valence-corrected chi connectivity index (χ4v) is 13.2. The van der Waals surface area contributed by atoms with Crippen LogP contribution in [0.2, 0.25) is 3.67 Å². The third-order valence-electron chi connectivity index (χ3n) is 5.59. The number of hydrogen-bond acceptors (Lipinski definition) is 0. The summed E-state index contributed by atoms with van der Waals surface area (Å²) in [6.07, 6.45) is 11.4. The Kier molecular flexibility index (Phi) is 5.61. The number of hydrogen-bond donors (Lipinski definition) is 0. The van der Waals surface area contributed by atoms with Crippen LogP contribution in [-0.4, -0.2) is 0 Å². The molecule has 0 fully saturated rings. The van der Waals surface area contributed by atoms with Crippen molar-refractivity contribution in [3.8, 4) is 0 Å². The fourth-order valence-electron chi connectivity index (χ4n) is 4.61. The summed E-state index contributed by atoms with van der Waals surface area (Å²) in [4.78, 5) is 0. The molecule has 3 heteroatoms. The summed E-state index contributed by atoms with van der Waals surface area (Å²) < 4.78 is 0.411. The average molecular weight is 515 g/mol. The molecule has 0 spiro atoms. The Bertz CT molecular complexity index is 670. The molecule has 2 atom stereocenters. The second kappa shape index (κ2) is 7.18. The van der Waals surface area contributed by atoms with Crippen LogP contribution in [0.5, 0.6) is 0 Å². The van der Waals surface area contributed by atoms with Gasteiger partial charge in [-0.25, -0.2) is 0 Å². The summed E-state index contributed by atoms with van der Waals surface area (Å²) in [5.41, 5.74) is 10.7. The van der Waals surface area contributed by atoms with Crippen molar-refractivity contribution >= 4 is 17.2 Å². The van der Waals surface area contributed by atoms with Gasteiger partial charge in [-0.3, -0.25) is 0 Å². The molecule has 0 saturated heterocycles. The first-order chi connectivity index (χ1) is 10.9. The molecule has 0 amide bonds. The van der Waals surface area contributed by atoms with E-state index in [0.29, 0.717) is 9.59 Å². The molecule has 3 aliphatic carbocycles. The predicted molar refractivity (Wildman–Crippen MR) is 98.4 cm³/mol. The van der Waals surface area contributed by atoms with Gasteiger partial charge in [-0.2, -0.15) is 0 Å². The van der Waals surface area contributed by atoms with Crippen LogP contribution in [0.1, 0.15) is 53.4 Å². The van der Waals surface area contributed by atoms with Crippen LogP contribution in [-0.2, 0) is 19.1 Å². The number of halogens is 2. The van der Waals surface area contributed by atoms with Gasteiger partial charge in [0.05, 0.1) is 0 Å². The standard InChI is InChI=1S/C20H25.2ClH.Hf/c1-13(2)18-11-7-10-17-12-14(3)19(20(17)15(18)4)16-8-5-6-9-16;;;/h5-6,8,12,15H,7,9-11H2,1-4H3;2*1H;/q;;;+2/p-2. The average Bonchev–Trinajstić information content (AvgIpc) is 3.04. The van der Waals surface area contributed by atoms with E-state index >= 15 is 0 Å². The van der Waals surface area contributed by atoms with Crippen molar-refractivity contribution in [1.29, 1.82) is 0 Å². The fraction of sp³-hybridized carbons (Fsp3) is 0.500. The van der Waals surface area contributed by atoms with Crippen LogP contribution in [0.3, 0.4) is 0 Å². The molecular weight excluding hydrogens is 490 g/mol. The van der Waals surface area contributed by atoms with Gasteiger partial charge in [-0.05, 0) is 0 Å². The maximum absolute atomic E-state index is 6.63. The molecule has 0 bridgehead atoms. The topological polar surface area (TPSA) is 0 Å². The van der Waals surface area contributed by atoms with Crippen molar-refractivity contribution < 1.29 is 19.1 Å². The molecule has 0 aromatic heterocycles. The zero-order chi connectivity index (χ0) is 16.7. The van der Waals surface area contributed by atoms with Gasteiger partial charge < -0.3 is 0 Å². The van der Waals surface area contributed by atoms with Gasteiger partial charge in [0, 0.05) is 0 Å². The minimum absolute atomic E-state index is 0.411. The zero-order valence-corrected chi connectivity index (χ0v) is 19.6. The normalized spacial score (nSPS) is 27.4. The van der Waals surface area contributed by atoms with E-state index in [1.54, 1.807) is 16.7 Å². The van der Waals surface area contributed by atoms with Crippen molar-refractivity contribution in [1.82, 2.24) is 0 Å². The van der Waals surface area contributed by atoms with Gasteiger partial charge in [-0.1, -0.05) is 0 Å². The van der Waals surface area contributed by atoms with Crippen LogP contribution in [0.4, 0.5) is 0 Å². The Hall–Kier alpha value is 0.150. The number of rotatable bonds is 2. The van der Waals surface area contributed by atoms with Crippen molar-refractivity contribution in [2.24, 2.45) is 5.92 Å². The summed E-state index contributed by atoms with van der Waals surface area (Å²) in [7, 11) is 13.3. The SMILES string of the molecule is CC(C)=C1CCCC2=C(C(C3=CC=CC3)=C(C)[CH]2[Hf]([Cl])[Cl])C1C. The molecule has 0 radical (unpaired) electrons. The first-order valence-corrected chi connectivity index (χ1v) is 19.6. The Morgan fingerprint density at radius 1 is 1.22 bits per heavy atom. The van der Waals surface area contributed by atoms with Crippen molar-refractivity contribution in [3.05, 3.63) is 57.2 Å². The third kappa shape index (κ3) is 3.18. The van der Waals surface area contributed by atoms with Gasteiger partial charge in [0.15, 0.2) is 0 Å². The minimum atomic E-state index is -2.55. The van der Waals surface area contributed by atoms with Gasteiger partial charge >= 0.3 is 156 Å². The quantitative estimate of drug-likeness (QED) is 0.267. The van der Waals surface area contributed by atoms with Gasteiger partial charge in [-0.15, -0.1) is 0 Å². The van der Waals surface area contributed by atoms with E-state index in [1.807, 2.05) is 0 Å². The zero-order valence-electron chi connectivity index (χ0n) is 14.5. The van der Waals surface area contributed by atoms with Crippen molar-refractivity contribution in [2.75, 3.05) is 0 Å². The monoisotopic (exact) mass is 515 g/mol. The third-order valence-corrected chi connectivity index (χ3v) is 13.5. The van der Waals surface area contributed by atoms with E-state index in [4.69, 9.17) is 17.2 Å². The molecule has 3 aliphatic rings. The van der Waals surface area contributed by atoms with Gasteiger partial charge in [0.1, 0.15) is 0 Å². The molecule has 2 unspecified atom stereocenters. The summed E-state index contributed by atoms with van der Waals surface area (Å²) in [6.45, 7) is 9.22. The Labute approximate surface area is 155 Å². The summed E-state index contributed by atoms with van der Waals surface area (Å²) in [5.74, 6) is 0.507. The van der Waals surface area contributed by atoms with Gasteiger partial charge in [0.25, 0.3) is 0 Å². The predicted octanol–water partition coefficient (Wildman–Crippen LogP) is 7.37. The van der Waals surface area contributed by atoms with E-state index in [9.17, 15) is 0 Å².